The van der Waals surface area contributed by atoms with E-state index in [1.807, 2.05) is 0 Å². The van der Waals surface area contributed by atoms with Gasteiger partial charge in [0.1, 0.15) is 4.90 Å². The van der Waals surface area contributed by atoms with Crippen LogP contribution < -0.4 is 10.2 Å². The van der Waals surface area contributed by atoms with Crippen molar-refractivity contribution in [2.75, 3.05) is 38.3 Å². The molecule has 2 aromatic carbocycles. The number of anilines is 1. The third-order valence-electron chi connectivity index (χ3n) is 4.48. The molecular formula is C19H22N4O7S. The fourth-order valence-corrected chi connectivity index (χ4v) is 4.51. The number of hydrazone groups is 1. The molecule has 0 bridgehead atoms. The average molecular weight is 450 g/mol. The minimum atomic E-state index is -4.02. The molecule has 31 heavy (non-hydrogen) atoms. The summed E-state index contributed by atoms with van der Waals surface area (Å²) in [6, 6.07) is 8.34. The van der Waals surface area contributed by atoms with Crippen LogP contribution in [-0.2, 0) is 14.8 Å². The third-order valence-corrected chi connectivity index (χ3v) is 6.42. The number of para-hydroxylation sites is 1. The first-order chi connectivity index (χ1) is 14.8. The third kappa shape index (κ3) is 5.10. The summed E-state index contributed by atoms with van der Waals surface area (Å²) in [5, 5.41) is 25.4. The molecule has 0 aliphatic carbocycles. The lowest BCUT2D eigenvalue weighted by molar-refractivity contribution is -0.385. The Morgan fingerprint density at radius 3 is 2.74 bits per heavy atom. The van der Waals surface area contributed by atoms with Gasteiger partial charge in [-0.05, 0) is 25.1 Å². The summed E-state index contributed by atoms with van der Waals surface area (Å²) >= 11 is 0. The second-order valence-corrected chi connectivity index (χ2v) is 8.36. The molecule has 1 fully saturated rings. The molecule has 11 nitrogen and oxygen atoms in total. The zero-order chi connectivity index (χ0) is 22.4. The first-order valence-electron chi connectivity index (χ1n) is 9.44. The maximum atomic E-state index is 13.1. The number of nitro benzene ring substituents is 1. The van der Waals surface area contributed by atoms with Gasteiger partial charge in [0.25, 0.3) is 5.69 Å². The Kier molecular flexibility index (Phi) is 7.05. The Morgan fingerprint density at radius 2 is 2.06 bits per heavy atom. The van der Waals surface area contributed by atoms with Crippen molar-refractivity contribution in [2.45, 2.75) is 11.8 Å². The number of nitrogens with zero attached hydrogens (tertiary/aromatic N) is 3. The van der Waals surface area contributed by atoms with Gasteiger partial charge in [-0.15, -0.1) is 0 Å². The van der Waals surface area contributed by atoms with Crippen molar-refractivity contribution in [3.63, 3.8) is 0 Å². The van der Waals surface area contributed by atoms with E-state index < -0.39 is 14.9 Å². The van der Waals surface area contributed by atoms with Gasteiger partial charge in [-0.3, -0.25) is 15.5 Å². The number of morpholine rings is 1. The van der Waals surface area contributed by atoms with Crippen LogP contribution in [0.2, 0.25) is 0 Å². The molecule has 0 spiro atoms. The number of nitrogens with one attached hydrogen (secondary N) is 1. The van der Waals surface area contributed by atoms with Crippen LogP contribution in [0.25, 0.3) is 0 Å². The summed E-state index contributed by atoms with van der Waals surface area (Å²) < 4.78 is 37.9. The highest BCUT2D eigenvalue weighted by atomic mass is 32.2. The van der Waals surface area contributed by atoms with E-state index in [0.29, 0.717) is 12.2 Å². The van der Waals surface area contributed by atoms with Gasteiger partial charge in [0.15, 0.2) is 11.5 Å². The van der Waals surface area contributed by atoms with Gasteiger partial charge in [0, 0.05) is 30.8 Å². The molecule has 0 radical (unpaired) electrons. The van der Waals surface area contributed by atoms with Crippen LogP contribution in [0, 0.1) is 10.1 Å². The van der Waals surface area contributed by atoms with Crippen LogP contribution in [0.15, 0.2) is 46.4 Å². The van der Waals surface area contributed by atoms with Gasteiger partial charge >= 0.3 is 0 Å². The largest absolute Gasteiger partial charge is 0.504 e. The van der Waals surface area contributed by atoms with Crippen molar-refractivity contribution in [3.05, 3.63) is 52.1 Å². The van der Waals surface area contributed by atoms with Gasteiger partial charge in [0.2, 0.25) is 10.0 Å². The number of nitro groups is 1. The van der Waals surface area contributed by atoms with Crippen molar-refractivity contribution < 1.29 is 27.9 Å². The second-order valence-electron chi connectivity index (χ2n) is 6.45. The van der Waals surface area contributed by atoms with E-state index in [1.165, 1.54) is 22.7 Å². The summed E-state index contributed by atoms with van der Waals surface area (Å²) in [5.41, 5.74) is 2.66. The zero-order valence-electron chi connectivity index (χ0n) is 16.7. The zero-order valence-corrected chi connectivity index (χ0v) is 17.5. The number of phenolic OH excluding ortho intramolecular Hbond substituents is 1. The van der Waals surface area contributed by atoms with Crippen molar-refractivity contribution >= 4 is 27.6 Å². The van der Waals surface area contributed by atoms with Crippen LogP contribution in [0.3, 0.4) is 0 Å². The molecule has 1 heterocycles. The minimum absolute atomic E-state index is 0.0637. The number of benzene rings is 2. The lowest BCUT2D eigenvalue weighted by Gasteiger charge is -2.26. The minimum Gasteiger partial charge on any atom is -0.504 e. The maximum absolute atomic E-state index is 13.1. The molecule has 1 aliphatic rings. The molecule has 2 N–H and O–H groups in total. The lowest BCUT2D eigenvalue weighted by atomic mass is 10.2. The summed E-state index contributed by atoms with van der Waals surface area (Å²) in [6.07, 6.45) is 1.30. The fraction of sp³-hybridized carbons (Fsp3) is 0.316. The molecule has 1 aliphatic heterocycles. The van der Waals surface area contributed by atoms with Gasteiger partial charge in [0.05, 0.1) is 36.6 Å². The number of phenols is 1. The predicted octanol–water partition coefficient (Wildman–Crippen LogP) is 2.17. The van der Waals surface area contributed by atoms with Gasteiger partial charge in [-0.2, -0.15) is 9.41 Å². The van der Waals surface area contributed by atoms with E-state index in [2.05, 4.69) is 10.5 Å². The Balaban J connectivity index is 1.92. The summed E-state index contributed by atoms with van der Waals surface area (Å²) in [7, 11) is -4.02. The molecule has 2 aromatic rings. The smallest absolute Gasteiger partial charge is 0.270 e. The molecule has 3 rings (SSSR count). The fourth-order valence-electron chi connectivity index (χ4n) is 2.94. The van der Waals surface area contributed by atoms with Crippen LogP contribution in [0.4, 0.5) is 11.4 Å². The normalized spacial score (nSPS) is 15.1. The lowest BCUT2D eigenvalue weighted by Crippen LogP contribution is -2.40. The van der Waals surface area contributed by atoms with E-state index in [-0.39, 0.29) is 54.1 Å². The maximum Gasteiger partial charge on any atom is 0.270 e. The molecule has 12 heteroatoms. The Morgan fingerprint density at radius 1 is 1.32 bits per heavy atom. The number of non-ortho nitro benzene ring substituents is 1. The number of hydrogen-bond donors (Lipinski definition) is 2. The van der Waals surface area contributed by atoms with E-state index >= 15 is 0 Å². The molecule has 0 saturated carbocycles. The van der Waals surface area contributed by atoms with Crippen molar-refractivity contribution in [3.8, 4) is 11.5 Å². The Labute approximate surface area is 179 Å². The monoisotopic (exact) mass is 450 g/mol. The molecule has 0 amide bonds. The average Bonchev–Trinajstić information content (AvgIpc) is 2.77. The Bertz CT molecular complexity index is 1080. The van der Waals surface area contributed by atoms with E-state index in [0.717, 1.165) is 6.07 Å². The predicted molar refractivity (Wildman–Crippen MR) is 113 cm³/mol. The topological polar surface area (TPSA) is 144 Å². The molecule has 0 aromatic heterocycles. The van der Waals surface area contributed by atoms with Crippen molar-refractivity contribution in [1.29, 1.82) is 0 Å². The molecule has 1 saturated heterocycles. The van der Waals surface area contributed by atoms with Crippen LogP contribution >= 0.6 is 0 Å². The van der Waals surface area contributed by atoms with Gasteiger partial charge in [-0.1, -0.05) is 6.07 Å². The number of hydrogen-bond acceptors (Lipinski definition) is 9. The number of aromatic hydroxyl groups is 1. The van der Waals surface area contributed by atoms with Crippen molar-refractivity contribution in [2.24, 2.45) is 5.10 Å². The standard InChI is InChI=1S/C19H22N4O7S/c1-2-30-17-5-3-4-14(19(17)24)13-20-21-16-7-6-15(23(25)26)12-18(16)31(27,28)22-8-10-29-11-9-22/h3-7,12-13,21,24H,2,8-11H2,1H3/b20-13+. The molecule has 166 valence electrons. The van der Waals surface area contributed by atoms with Crippen LogP contribution in [0.5, 0.6) is 11.5 Å². The molecule has 0 atom stereocenters. The Hall–Kier alpha value is -3.22. The highest BCUT2D eigenvalue weighted by Gasteiger charge is 2.30. The highest BCUT2D eigenvalue weighted by Crippen LogP contribution is 2.31. The van der Waals surface area contributed by atoms with Crippen LogP contribution in [-0.4, -0.2) is 61.9 Å². The summed E-state index contributed by atoms with van der Waals surface area (Å²) in [4.78, 5) is 10.2. The van der Waals surface area contributed by atoms with E-state index in [1.54, 1.807) is 25.1 Å². The highest BCUT2D eigenvalue weighted by molar-refractivity contribution is 7.89. The number of rotatable bonds is 8. The van der Waals surface area contributed by atoms with Gasteiger partial charge in [-0.25, -0.2) is 8.42 Å². The summed E-state index contributed by atoms with van der Waals surface area (Å²) in [5.74, 6) is 0.178. The quantitative estimate of drug-likeness (QED) is 0.354. The van der Waals surface area contributed by atoms with Crippen molar-refractivity contribution in [1.82, 2.24) is 4.31 Å². The summed E-state index contributed by atoms with van der Waals surface area (Å²) in [6.45, 7) is 2.93. The van der Waals surface area contributed by atoms with Crippen LogP contribution in [0.1, 0.15) is 12.5 Å². The first-order valence-corrected chi connectivity index (χ1v) is 10.9. The SMILES string of the molecule is CCOc1cccc(/C=N/Nc2ccc([N+](=O)[O-])cc2S(=O)(=O)N2CCOCC2)c1O. The molecular weight excluding hydrogens is 428 g/mol. The van der Waals surface area contributed by atoms with E-state index in [4.69, 9.17) is 9.47 Å². The second kappa shape index (κ2) is 9.73. The van der Waals surface area contributed by atoms with E-state index in [9.17, 15) is 23.6 Å². The first kappa shape index (κ1) is 22.5. The number of sulfonamides is 1. The number of ether oxygens (including phenoxy) is 2. The molecule has 0 unspecified atom stereocenters. The van der Waals surface area contributed by atoms with Gasteiger partial charge < -0.3 is 14.6 Å².